The van der Waals surface area contributed by atoms with Crippen LogP contribution in [0.15, 0.2) is 47.4 Å². The number of amides is 1. The maximum absolute atomic E-state index is 14.0. The molecule has 3 rings (SSSR count). The molecule has 1 aliphatic heterocycles. The summed E-state index contributed by atoms with van der Waals surface area (Å²) in [6.07, 6.45) is -4.06. The van der Waals surface area contributed by atoms with Crippen LogP contribution in [-0.4, -0.2) is 107 Å². The molecule has 7 N–H and O–H groups in total. The molecule has 0 aromatic heterocycles. The molecule has 0 aliphatic carbocycles. The monoisotopic (exact) mass is 637 g/mol. The van der Waals surface area contributed by atoms with Crippen molar-refractivity contribution in [1.29, 1.82) is 0 Å². The van der Waals surface area contributed by atoms with Gasteiger partial charge in [0.2, 0.25) is 0 Å². The number of sulfone groups is 1. The molecule has 246 valence electrons. The number of hydrogen-bond donors (Lipinski definition) is 7. The minimum atomic E-state index is -3.84. The Balaban J connectivity index is 2.14. The fraction of sp³-hybridized carbons (Fsp3) is 0.581. The largest absolute Gasteiger partial charge is 0.394 e. The number of anilines is 2. The highest BCUT2D eigenvalue weighted by molar-refractivity contribution is 7.91. The van der Waals surface area contributed by atoms with Crippen molar-refractivity contribution in [2.75, 3.05) is 36.7 Å². The summed E-state index contributed by atoms with van der Waals surface area (Å²) >= 11 is 0. The minimum absolute atomic E-state index is 0.117. The molecule has 13 heteroatoms. The van der Waals surface area contributed by atoms with Gasteiger partial charge in [0.1, 0.15) is 18.3 Å². The summed E-state index contributed by atoms with van der Waals surface area (Å²) < 4.78 is 28.0. The van der Waals surface area contributed by atoms with Gasteiger partial charge in [0.15, 0.2) is 15.9 Å². The molecule has 12 nitrogen and oxygen atoms in total. The van der Waals surface area contributed by atoms with Crippen molar-refractivity contribution in [1.82, 2.24) is 5.06 Å². The van der Waals surface area contributed by atoms with E-state index in [1.807, 2.05) is 32.8 Å². The average Bonchev–Trinajstić information content (AvgIpc) is 3.07. The van der Waals surface area contributed by atoms with E-state index in [2.05, 4.69) is 5.32 Å². The molecular formula is C31H47N3O9S. The number of carbonyl (C=O) groups excluding carboxylic acids is 1. The van der Waals surface area contributed by atoms with Gasteiger partial charge in [-0.25, -0.2) is 8.42 Å². The number of rotatable bonds is 14. The normalized spacial score (nSPS) is 20.5. The van der Waals surface area contributed by atoms with Crippen molar-refractivity contribution in [3.05, 3.63) is 53.6 Å². The number of hydrogen-bond acceptors (Lipinski definition) is 11. The van der Waals surface area contributed by atoms with E-state index in [4.69, 9.17) is 5.11 Å². The smallest absolute Gasteiger partial charge is 0.256 e. The number of benzene rings is 2. The summed E-state index contributed by atoms with van der Waals surface area (Å²) in [6, 6.07) is 10.5. The Kier molecular flexibility index (Phi) is 12.3. The van der Waals surface area contributed by atoms with E-state index in [0.717, 1.165) is 18.5 Å². The molecular weight excluding hydrogens is 590 g/mol. The highest BCUT2D eigenvalue weighted by atomic mass is 32.2. The lowest BCUT2D eigenvalue weighted by atomic mass is 9.85. The van der Waals surface area contributed by atoms with Gasteiger partial charge in [-0.15, -0.1) is 0 Å². The van der Waals surface area contributed by atoms with Gasteiger partial charge in [-0.05, 0) is 54.3 Å². The first-order valence-electron chi connectivity index (χ1n) is 15.0. The van der Waals surface area contributed by atoms with E-state index in [1.165, 1.54) is 11.1 Å². The van der Waals surface area contributed by atoms with E-state index in [9.17, 15) is 38.8 Å². The highest BCUT2D eigenvalue weighted by Crippen LogP contribution is 2.46. The van der Waals surface area contributed by atoms with Crippen LogP contribution in [0, 0.1) is 0 Å². The number of hydroxylamine groups is 2. The fourth-order valence-electron chi connectivity index (χ4n) is 5.73. The summed E-state index contributed by atoms with van der Waals surface area (Å²) in [5.41, 5.74) is 0.679. The van der Waals surface area contributed by atoms with Crippen LogP contribution < -0.4 is 10.2 Å². The van der Waals surface area contributed by atoms with Gasteiger partial charge in [0.25, 0.3) is 5.91 Å². The van der Waals surface area contributed by atoms with Gasteiger partial charge in [0.05, 0.1) is 28.8 Å². The van der Waals surface area contributed by atoms with E-state index in [0.29, 0.717) is 36.8 Å². The molecule has 0 saturated heterocycles. The zero-order valence-corrected chi connectivity index (χ0v) is 26.6. The predicted molar refractivity (Wildman–Crippen MR) is 166 cm³/mol. The lowest BCUT2D eigenvalue weighted by molar-refractivity contribution is -0.194. The van der Waals surface area contributed by atoms with Gasteiger partial charge in [-0.2, -0.15) is 5.06 Å². The van der Waals surface area contributed by atoms with E-state index in [1.54, 1.807) is 36.4 Å². The van der Waals surface area contributed by atoms with Crippen LogP contribution in [0.25, 0.3) is 0 Å². The number of aliphatic hydroxyl groups is 5. The van der Waals surface area contributed by atoms with Crippen LogP contribution in [0.2, 0.25) is 0 Å². The van der Waals surface area contributed by atoms with Crippen LogP contribution in [0.1, 0.15) is 69.5 Å². The number of fused-ring (bicyclic) bond motifs is 1. The van der Waals surface area contributed by atoms with Crippen molar-refractivity contribution in [2.24, 2.45) is 0 Å². The van der Waals surface area contributed by atoms with Crippen LogP contribution in [0.3, 0.4) is 0 Å². The minimum Gasteiger partial charge on any atom is -0.394 e. The van der Waals surface area contributed by atoms with Crippen molar-refractivity contribution >= 4 is 27.1 Å². The van der Waals surface area contributed by atoms with Gasteiger partial charge in [0, 0.05) is 25.5 Å². The first-order chi connectivity index (χ1) is 20.7. The summed E-state index contributed by atoms with van der Waals surface area (Å²) in [5, 5.41) is 64.8. The zero-order valence-electron chi connectivity index (χ0n) is 25.8. The quantitative estimate of drug-likeness (QED) is 0.160. The van der Waals surface area contributed by atoms with Crippen LogP contribution in [0.4, 0.5) is 11.4 Å². The van der Waals surface area contributed by atoms with E-state index < -0.39 is 58.3 Å². The first-order valence-corrected chi connectivity index (χ1v) is 16.6. The summed E-state index contributed by atoms with van der Waals surface area (Å²) in [5.74, 6) is -1.34. The SMILES string of the molecule is CCCCC1(CCCC)CS(=O)(=O)c2ccc(N(C)C)cc2[C@H](c2cccc(NC(=O)[C@H](O)[C@@H](O)[C@H](O)[C@H](O)CO)c2)N1O. The Morgan fingerprint density at radius 3 is 2.23 bits per heavy atom. The average molecular weight is 638 g/mol. The lowest BCUT2D eigenvalue weighted by Crippen LogP contribution is -2.52. The van der Waals surface area contributed by atoms with E-state index >= 15 is 0 Å². The van der Waals surface area contributed by atoms with Crippen LogP contribution >= 0.6 is 0 Å². The third-order valence-corrected chi connectivity index (χ3v) is 10.3. The molecule has 44 heavy (non-hydrogen) atoms. The molecule has 0 radical (unpaired) electrons. The summed E-state index contributed by atoms with van der Waals surface area (Å²) in [6.45, 7) is 3.13. The lowest BCUT2D eigenvalue weighted by Gasteiger charge is -2.42. The third kappa shape index (κ3) is 7.77. The summed E-state index contributed by atoms with van der Waals surface area (Å²) in [7, 11) is -0.181. The molecule has 1 heterocycles. The topological polar surface area (TPSA) is 191 Å². The Morgan fingerprint density at radius 1 is 1.02 bits per heavy atom. The van der Waals surface area contributed by atoms with Gasteiger partial charge in [-0.3, -0.25) is 4.79 Å². The molecule has 2 aromatic rings. The highest BCUT2D eigenvalue weighted by Gasteiger charge is 2.48. The van der Waals surface area contributed by atoms with Crippen LogP contribution in [0.5, 0.6) is 0 Å². The second kappa shape index (κ2) is 15.1. The fourth-order valence-corrected chi connectivity index (χ4v) is 7.81. The second-order valence-corrected chi connectivity index (χ2v) is 13.8. The zero-order chi connectivity index (χ0) is 32.8. The number of carbonyl (C=O) groups is 1. The maximum atomic E-state index is 14.0. The van der Waals surface area contributed by atoms with Crippen molar-refractivity contribution in [3.63, 3.8) is 0 Å². The molecule has 5 atom stereocenters. The number of aliphatic hydroxyl groups excluding tert-OH is 5. The van der Waals surface area contributed by atoms with Gasteiger partial charge in [-0.1, -0.05) is 51.7 Å². The maximum Gasteiger partial charge on any atom is 0.256 e. The number of unbranched alkanes of at least 4 members (excludes halogenated alkanes) is 2. The first kappa shape index (κ1) is 35.9. The van der Waals surface area contributed by atoms with Crippen molar-refractivity contribution in [3.8, 4) is 0 Å². The Labute approximate surface area is 259 Å². The van der Waals surface area contributed by atoms with Crippen molar-refractivity contribution < 1.29 is 44.0 Å². The Hall–Kier alpha value is -2.62. The standard InChI is InChI=1S/C31H47N3O9S/c1-5-7-14-31(15-8-6-2)19-44(42,43)25-13-12-22(33(3)4)17-23(25)26(34(31)41)20-10-9-11-21(16-20)32-30(40)29(39)28(38)27(37)24(36)18-35/h9-13,16-17,24,26-29,35-39,41H,5-8,14-15,18-19H2,1-4H3,(H,32,40)/t24-,26+,27-,28+,29-/m1/s1. The Bertz CT molecular complexity index is 1360. The molecule has 1 amide bonds. The Morgan fingerprint density at radius 2 is 1.66 bits per heavy atom. The van der Waals surface area contributed by atoms with Gasteiger partial charge >= 0.3 is 0 Å². The molecule has 0 bridgehead atoms. The third-order valence-electron chi connectivity index (χ3n) is 8.31. The molecule has 0 spiro atoms. The van der Waals surface area contributed by atoms with Gasteiger partial charge < -0.3 is 41.0 Å². The summed E-state index contributed by atoms with van der Waals surface area (Å²) in [4.78, 5) is 14.8. The van der Waals surface area contributed by atoms with Crippen molar-refractivity contribution in [2.45, 2.75) is 93.3 Å². The molecule has 2 aromatic carbocycles. The van der Waals surface area contributed by atoms with Crippen LogP contribution in [-0.2, 0) is 14.6 Å². The molecule has 0 fully saturated rings. The number of nitrogens with one attached hydrogen (secondary N) is 1. The predicted octanol–water partition coefficient (Wildman–Crippen LogP) is 1.81. The number of nitrogens with zero attached hydrogens (tertiary/aromatic N) is 2. The molecule has 1 aliphatic rings. The molecule has 0 saturated carbocycles. The van der Waals surface area contributed by atoms with E-state index in [-0.39, 0.29) is 16.3 Å². The second-order valence-electron chi connectivity index (χ2n) is 11.8. The molecule has 0 unspecified atom stereocenters.